The molecule has 0 aliphatic rings. The van der Waals surface area contributed by atoms with Crippen molar-refractivity contribution in [3.8, 4) is 0 Å². The molecular weight excluding hydrogens is 300 g/mol. The van der Waals surface area contributed by atoms with E-state index in [4.69, 9.17) is 10.5 Å². The van der Waals surface area contributed by atoms with Gasteiger partial charge in [0.15, 0.2) is 0 Å². The highest BCUT2D eigenvalue weighted by molar-refractivity contribution is 5.89. The molecule has 0 spiro atoms. The fraction of sp³-hybridized carbons (Fsp3) is 0.350. The van der Waals surface area contributed by atoms with E-state index in [0.29, 0.717) is 17.7 Å². The second-order valence-electron chi connectivity index (χ2n) is 5.82. The zero-order valence-electron chi connectivity index (χ0n) is 14.4. The predicted molar refractivity (Wildman–Crippen MR) is 98.0 cm³/mol. The second kappa shape index (κ2) is 9.08. The molecule has 2 aromatic carbocycles. The third-order valence-electron chi connectivity index (χ3n) is 4.08. The summed E-state index contributed by atoms with van der Waals surface area (Å²) < 4.78 is 5.79. The number of nitrogens with zero attached hydrogens (tertiary/aromatic N) is 1. The van der Waals surface area contributed by atoms with Crippen LogP contribution in [0.15, 0.2) is 54.6 Å². The first-order chi connectivity index (χ1) is 11.6. The van der Waals surface area contributed by atoms with Gasteiger partial charge in [-0.15, -0.1) is 0 Å². The summed E-state index contributed by atoms with van der Waals surface area (Å²) in [5.41, 5.74) is 8.00. The number of nitrogens with two attached hydrogens (primary N) is 1. The van der Waals surface area contributed by atoms with E-state index in [9.17, 15) is 4.79 Å². The van der Waals surface area contributed by atoms with Crippen LogP contribution in [0, 0.1) is 0 Å². The quantitative estimate of drug-likeness (QED) is 0.597. The summed E-state index contributed by atoms with van der Waals surface area (Å²) in [6, 6.07) is 17.0. The van der Waals surface area contributed by atoms with Gasteiger partial charge in [0.25, 0.3) is 0 Å². The summed E-state index contributed by atoms with van der Waals surface area (Å²) >= 11 is 0. The molecule has 0 saturated heterocycles. The standard InChI is InChI=1S/C20H26N2O2/c1-3-22(4-2)15-19(14-16-8-6-5-7-9-16)24-20(23)17-10-12-18(21)13-11-17/h5-13,19H,3-4,14-15,21H2,1-2H3. The van der Waals surface area contributed by atoms with Gasteiger partial charge in [0, 0.05) is 18.7 Å². The largest absolute Gasteiger partial charge is 0.457 e. The SMILES string of the molecule is CCN(CC)CC(Cc1ccccc1)OC(=O)c1ccc(N)cc1. The first-order valence-electron chi connectivity index (χ1n) is 8.45. The number of hydrogen-bond donors (Lipinski definition) is 1. The Morgan fingerprint density at radius 1 is 1.04 bits per heavy atom. The molecule has 0 aromatic heterocycles. The highest BCUT2D eigenvalue weighted by Crippen LogP contribution is 2.12. The minimum Gasteiger partial charge on any atom is -0.457 e. The van der Waals surface area contributed by atoms with Crippen LogP contribution in [0.3, 0.4) is 0 Å². The maximum absolute atomic E-state index is 12.4. The normalized spacial score (nSPS) is 12.1. The van der Waals surface area contributed by atoms with Crippen LogP contribution in [-0.2, 0) is 11.2 Å². The maximum atomic E-state index is 12.4. The minimum absolute atomic E-state index is 0.183. The van der Waals surface area contributed by atoms with Crippen molar-refractivity contribution >= 4 is 11.7 Å². The molecule has 0 amide bonds. The Labute approximate surface area is 144 Å². The number of hydrogen-bond acceptors (Lipinski definition) is 4. The zero-order valence-corrected chi connectivity index (χ0v) is 14.4. The number of esters is 1. The van der Waals surface area contributed by atoms with Crippen molar-refractivity contribution in [2.45, 2.75) is 26.4 Å². The predicted octanol–water partition coefficient (Wildman–Crippen LogP) is 3.38. The summed E-state index contributed by atoms with van der Waals surface area (Å²) in [6.07, 6.45) is 0.523. The fourth-order valence-corrected chi connectivity index (χ4v) is 2.63. The highest BCUT2D eigenvalue weighted by atomic mass is 16.5. The molecule has 2 N–H and O–H groups in total. The topological polar surface area (TPSA) is 55.6 Å². The summed E-state index contributed by atoms with van der Waals surface area (Å²) in [6.45, 7) is 6.82. The van der Waals surface area contributed by atoms with Gasteiger partial charge in [0.05, 0.1) is 5.56 Å². The summed E-state index contributed by atoms with van der Waals surface area (Å²) in [4.78, 5) is 14.7. The van der Waals surface area contributed by atoms with Crippen LogP contribution in [0.1, 0.15) is 29.8 Å². The highest BCUT2D eigenvalue weighted by Gasteiger charge is 2.19. The van der Waals surface area contributed by atoms with E-state index in [1.165, 1.54) is 5.56 Å². The number of ether oxygens (including phenoxy) is 1. The first kappa shape index (κ1) is 18.0. The van der Waals surface area contributed by atoms with Crippen molar-refractivity contribution in [3.63, 3.8) is 0 Å². The number of benzene rings is 2. The monoisotopic (exact) mass is 326 g/mol. The van der Waals surface area contributed by atoms with Crippen molar-refractivity contribution < 1.29 is 9.53 Å². The van der Waals surface area contributed by atoms with Crippen LogP contribution in [0.25, 0.3) is 0 Å². The fourth-order valence-electron chi connectivity index (χ4n) is 2.63. The van der Waals surface area contributed by atoms with Gasteiger partial charge >= 0.3 is 5.97 Å². The summed E-state index contributed by atoms with van der Waals surface area (Å²) in [5, 5.41) is 0. The van der Waals surface area contributed by atoms with E-state index in [2.05, 4.69) is 30.9 Å². The summed E-state index contributed by atoms with van der Waals surface area (Å²) in [7, 11) is 0. The number of anilines is 1. The van der Waals surface area contributed by atoms with Crippen molar-refractivity contribution in [1.82, 2.24) is 4.90 Å². The van der Waals surface area contributed by atoms with E-state index < -0.39 is 0 Å². The van der Waals surface area contributed by atoms with Crippen LogP contribution < -0.4 is 5.73 Å². The molecule has 4 nitrogen and oxygen atoms in total. The van der Waals surface area contributed by atoms with Gasteiger partial charge in [0.1, 0.15) is 6.10 Å². The van der Waals surface area contributed by atoms with E-state index in [1.54, 1.807) is 24.3 Å². The molecule has 4 heteroatoms. The Bertz CT molecular complexity index is 622. The van der Waals surface area contributed by atoms with Gasteiger partial charge in [0.2, 0.25) is 0 Å². The van der Waals surface area contributed by atoms with Crippen LogP contribution in [0.5, 0.6) is 0 Å². The Balaban J connectivity index is 2.09. The zero-order chi connectivity index (χ0) is 17.4. The molecule has 0 aliphatic heterocycles. The Morgan fingerprint density at radius 2 is 1.67 bits per heavy atom. The van der Waals surface area contributed by atoms with Crippen molar-refractivity contribution in [3.05, 3.63) is 65.7 Å². The lowest BCUT2D eigenvalue weighted by molar-refractivity contribution is 0.0212. The number of rotatable bonds is 8. The summed E-state index contributed by atoms with van der Waals surface area (Å²) in [5.74, 6) is -0.303. The molecule has 2 aromatic rings. The maximum Gasteiger partial charge on any atom is 0.338 e. The molecule has 2 rings (SSSR count). The molecule has 0 bridgehead atoms. The van der Waals surface area contributed by atoms with Gasteiger partial charge < -0.3 is 15.4 Å². The van der Waals surface area contributed by atoms with Crippen molar-refractivity contribution in [1.29, 1.82) is 0 Å². The molecule has 128 valence electrons. The smallest absolute Gasteiger partial charge is 0.338 e. The van der Waals surface area contributed by atoms with Gasteiger partial charge in [-0.1, -0.05) is 44.2 Å². The molecule has 0 fully saturated rings. The van der Waals surface area contributed by atoms with Gasteiger partial charge in [-0.3, -0.25) is 0 Å². The van der Waals surface area contributed by atoms with Crippen LogP contribution >= 0.6 is 0 Å². The molecule has 24 heavy (non-hydrogen) atoms. The van der Waals surface area contributed by atoms with E-state index in [0.717, 1.165) is 19.6 Å². The van der Waals surface area contributed by atoms with Crippen molar-refractivity contribution in [2.75, 3.05) is 25.4 Å². The van der Waals surface area contributed by atoms with E-state index >= 15 is 0 Å². The Hall–Kier alpha value is -2.33. The van der Waals surface area contributed by atoms with E-state index in [-0.39, 0.29) is 12.1 Å². The molecule has 0 heterocycles. The Kier molecular flexibility index (Phi) is 6.82. The van der Waals surface area contributed by atoms with Gasteiger partial charge in [-0.25, -0.2) is 4.79 Å². The third-order valence-corrected chi connectivity index (χ3v) is 4.08. The van der Waals surface area contributed by atoms with Crippen LogP contribution in [-0.4, -0.2) is 36.6 Å². The molecule has 1 atom stereocenters. The number of carbonyl (C=O) groups is 1. The average molecular weight is 326 g/mol. The van der Waals surface area contributed by atoms with Gasteiger partial charge in [-0.05, 0) is 42.9 Å². The number of nitrogen functional groups attached to an aromatic ring is 1. The Morgan fingerprint density at radius 3 is 2.25 bits per heavy atom. The first-order valence-corrected chi connectivity index (χ1v) is 8.45. The minimum atomic E-state index is -0.303. The number of carbonyl (C=O) groups excluding carboxylic acids is 1. The molecule has 0 radical (unpaired) electrons. The molecule has 1 unspecified atom stereocenters. The van der Waals surface area contributed by atoms with Crippen LogP contribution in [0.2, 0.25) is 0 Å². The molecule has 0 aliphatic carbocycles. The lowest BCUT2D eigenvalue weighted by Gasteiger charge is -2.25. The lowest BCUT2D eigenvalue weighted by Crippen LogP contribution is -2.36. The molecular formula is C20H26N2O2. The van der Waals surface area contributed by atoms with Crippen LogP contribution in [0.4, 0.5) is 5.69 Å². The third kappa shape index (κ3) is 5.39. The average Bonchev–Trinajstić information content (AvgIpc) is 2.60. The van der Waals surface area contributed by atoms with E-state index in [1.807, 2.05) is 18.2 Å². The van der Waals surface area contributed by atoms with Gasteiger partial charge in [-0.2, -0.15) is 0 Å². The molecule has 0 saturated carbocycles. The second-order valence-corrected chi connectivity index (χ2v) is 5.82. The number of likely N-dealkylation sites (N-methyl/N-ethyl adjacent to an activating group) is 1. The van der Waals surface area contributed by atoms with Crippen molar-refractivity contribution in [2.24, 2.45) is 0 Å². The lowest BCUT2D eigenvalue weighted by atomic mass is 10.1.